The van der Waals surface area contributed by atoms with E-state index in [0.29, 0.717) is 5.88 Å². The van der Waals surface area contributed by atoms with Crippen LogP contribution in [0.25, 0.3) is 0 Å². The Bertz CT molecular complexity index is 376. The maximum atomic E-state index is 5.76. The Hall–Kier alpha value is -1.07. The van der Waals surface area contributed by atoms with Crippen molar-refractivity contribution in [3.8, 4) is 0 Å². The van der Waals surface area contributed by atoms with Crippen LogP contribution in [0.2, 0.25) is 0 Å². The average molecular weight is 270 g/mol. The first kappa shape index (κ1) is 13.4. The Morgan fingerprint density at radius 3 is 2.61 bits per heavy atom. The van der Waals surface area contributed by atoms with Gasteiger partial charge in [-0.25, -0.2) is 4.98 Å². The molecule has 2 heterocycles. The smallest absolute Gasteiger partial charge is 0.226 e. The zero-order valence-corrected chi connectivity index (χ0v) is 11.8. The van der Waals surface area contributed by atoms with Gasteiger partial charge >= 0.3 is 0 Å². The fourth-order valence-electron chi connectivity index (χ4n) is 2.05. The number of rotatable bonds is 4. The van der Waals surface area contributed by atoms with Gasteiger partial charge in [-0.2, -0.15) is 4.98 Å². The Kier molecular flexibility index (Phi) is 4.60. The Morgan fingerprint density at radius 1 is 1.28 bits per heavy atom. The van der Waals surface area contributed by atoms with Crippen molar-refractivity contribution in [2.75, 3.05) is 62.5 Å². The van der Waals surface area contributed by atoms with Gasteiger partial charge in [0.25, 0.3) is 0 Å². The molecular weight excluding hydrogens is 250 g/mol. The Labute approximate surface area is 113 Å². The first-order valence-corrected chi connectivity index (χ1v) is 6.78. The van der Waals surface area contributed by atoms with E-state index in [2.05, 4.69) is 19.8 Å². The standard InChI is InChI=1S/C12H20ClN5/c1-16(2)12-14-5-3-11(15-12)18-9-7-17(6-4-13)8-10-18/h3,5H,4,6-10H2,1-2H3. The van der Waals surface area contributed by atoms with E-state index < -0.39 is 0 Å². The summed E-state index contributed by atoms with van der Waals surface area (Å²) in [6, 6.07) is 1.98. The molecule has 1 aliphatic rings. The predicted molar refractivity (Wildman–Crippen MR) is 75.7 cm³/mol. The molecule has 1 fully saturated rings. The highest BCUT2D eigenvalue weighted by molar-refractivity contribution is 6.18. The highest BCUT2D eigenvalue weighted by Gasteiger charge is 2.17. The Balaban J connectivity index is 1.98. The molecule has 0 aromatic carbocycles. The number of alkyl halides is 1. The molecule has 0 unspecified atom stereocenters. The van der Waals surface area contributed by atoms with Crippen LogP contribution in [0.4, 0.5) is 11.8 Å². The fourth-order valence-corrected chi connectivity index (χ4v) is 2.29. The zero-order valence-electron chi connectivity index (χ0n) is 11.0. The fraction of sp³-hybridized carbons (Fsp3) is 0.667. The molecule has 0 bridgehead atoms. The summed E-state index contributed by atoms with van der Waals surface area (Å²) >= 11 is 5.76. The monoisotopic (exact) mass is 269 g/mol. The summed E-state index contributed by atoms with van der Waals surface area (Å²) in [5, 5.41) is 0. The maximum absolute atomic E-state index is 5.76. The third-order valence-corrected chi connectivity index (χ3v) is 3.29. The van der Waals surface area contributed by atoms with Gasteiger partial charge in [-0.3, -0.25) is 4.90 Å². The number of nitrogens with zero attached hydrogens (tertiary/aromatic N) is 5. The van der Waals surface area contributed by atoms with Crippen molar-refractivity contribution in [1.82, 2.24) is 14.9 Å². The molecule has 100 valence electrons. The van der Waals surface area contributed by atoms with Gasteiger partial charge in [0.2, 0.25) is 5.95 Å². The molecule has 0 radical (unpaired) electrons. The van der Waals surface area contributed by atoms with Crippen molar-refractivity contribution in [3.63, 3.8) is 0 Å². The first-order chi connectivity index (χ1) is 8.70. The quantitative estimate of drug-likeness (QED) is 0.759. The molecule has 1 saturated heterocycles. The lowest BCUT2D eigenvalue weighted by Gasteiger charge is -2.35. The topological polar surface area (TPSA) is 35.5 Å². The van der Waals surface area contributed by atoms with Crippen LogP contribution in [0.5, 0.6) is 0 Å². The summed E-state index contributed by atoms with van der Waals surface area (Å²) in [6.07, 6.45) is 1.82. The van der Waals surface area contributed by atoms with Crippen LogP contribution in [0.15, 0.2) is 12.3 Å². The van der Waals surface area contributed by atoms with Crippen molar-refractivity contribution in [3.05, 3.63) is 12.3 Å². The third kappa shape index (κ3) is 3.23. The normalized spacial score (nSPS) is 16.9. The molecule has 0 atom stereocenters. The van der Waals surface area contributed by atoms with Crippen LogP contribution in [0, 0.1) is 0 Å². The molecule has 1 aromatic heterocycles. The van der Waals surface area contributed by atoms with Crippen molar-refractivity contribution < 1.29 is 0 Å². The molecule has 5 nitrogen and oxygen atoms in total. The van der Waals surface area contributed by atoms with E-state index in [9.17, 15) is 0 Å². The van der Waals surface area contributed by atoms with E-state index in [1.165, 1.54) is 0 Å². The van der Waals surface area contributed by atoms with Gasteiger partial charge in [0.15, 0.2) is 0 Å². The van der Waals surface area contributed by atoms with Gasteiger partial charge in [-0.15, -0.1) is 11.6 Å². The second kappa shape index (κ2) is 6.20. The number of aromatic nitrogens is 2. The van der Waals surface area contributed by atoms with Crippen LogP contribution >= 0.6 is 11.6 Å². The highest BCUT2D eigenvalue weighted by atomic mass is 35.5. The third-order valence-electron chi connectivity index (χ3n) is 3.13. The van der Waals surface area contributed by atoms with E-state index in [0.717, 1.165) is 44.5 Å². The average Bonchev–Trinajstić information content (AvgIpc) is 2.40. The first-order valence-electron chi connectivity index (χ1n) is 6.24. The summed E-state index contributed by atoms with van der Waals surface area (Å²) in [5.41, 5.74) is 0. The van der Waals surface area contributed by atoms with Gasteiger partial charge < -0.3 is 9.80 Å². The van der Waals surface area contributed by atoms with Crippen molar-refractivity contribution in [1.29, 1.82) is 0 Å². The number of hydrogen-bond acceptors (Lipinski definition) is 5. The van der Waals surface area contributed by atoms with Crippen LogP contribution < -0.4 is 9.80 Å². The molecule has 0 N–H and O–H groups in total. The molecule has 0 spiro atoms. The van der Waals surface area contributed by atoms with E-state index in [4.69, 9.17) is 11.6 Å². The van der Waals surface area contributed by atoms with Crippen LogP contribution in [0.1, 0.15) is 0 Å². The molecular formula is C12H20ClN5. The predicted octanol–water partition coefficient (Wildman–Crippen LogP) is 0.903. The molecule has 1 aromatic rings. The van der Waals surface area contributed by atoms with E-state index >= 15 is 0 Å². The highest BCUT2D eigenvalue weighted by Crippen LogP contribution is 2.15. The molecule has 0 aliphatic carbocycles. The van der Waals surface area contributed by atoms with Crippen LogP contribution in [-0.4, -0.2) is 67.6 Å². The van der Waals surface area contributed by atoms with Crippen molar-refractivity contribution in [2.24, 2.45) is 0 Å². The number of piperazine rings is 1. The number of anilines is 2. The SMILES string of the molecule is CN(C)c1nccc(N2CCN(CCCl)CC2)n1. The number of halogens is 1. The lowest BCUT2D eigenvalue weighted by atomic mass is 10.3. The van der Waals surface area contributed by atoms with Gasteiger partial charge in [-0.1, -0.05) is 0 Å². The molecule has 1 aliphatic heterocycles. The van der Waals surface area contributed by atoms with E-state index in [1.54, 1.807) is 0 Å². The van der Waals surface area contributed by atoms with Crippen LogP contribution in [-0.2, 0) is 0 Å². The van der Waals surface area contributed by atoms with Crippen molar-refractivity contribution in [2.45, 2.75) is 0 Å². The molecule has 6 heteroatoms. The van der Waals surface area contributed by atoms with Gasteiger partial charge in [-0.05, 0) is 6.07 Å². The summed E-state index contributed by atoms with van der Waals surface area (Å²) in [4.78, 5) is 15.4. The second-order valence-corrected chi connectivity index (χ2v) is 5.00. The minimum atomic E-state index is 0.707. The van der Waals surface area contributed by atoms with Gasteiger partial charge in [0.1, 0.15) is 5.82 Å². The van der Waals surface area contributed by atoms with Gasteiger partial charge in [0.05, 0.1) is 0 Å². The maximum Gasteiger partial charge on any atom is 0.226 e. The zero-order chi connectivity index (χ0) is 13.0. The summed E-state index contributed by atoms with van der Waals surface area (Å²) in [7, 11) is 3.91. The lowest BCUT2D eigenvalue weighted by Crippen LogP contribution is -2.47. The summed E-state index contributed by atoms with van der Waals surface area (Å²) in [5.74, 6) is 2.48. The largest absolute Gasteiger partial charge is 0.354 e. The van der Waals surface area contributed by atoms with Crippen LogP contribution in [0.3, 0.4) is 0 Å². The molecule has 0 amide bonds. The lowest BCUT2D eigenvalue weighted by molar-refractivity contribution is 0.272. The van der Waals surface area contributed by atoms with Gasteiger partial charge in [0, 0.05) is 58.9 Å². The number of hydrogen-bond donors (Lipinski definition) is 0. The minimum Gasteiger partial charge on any atom is -0.354 e. The molecule has 2 rings (SSSR count). The minimum absolute atomic E-state index is 0.707. The van der Waals surface area contributed by atoms with Crippen molar-refractivity contribution >= 4 is 23.4 Å². The summed E-state index contributed by atoms with van der Waals surface area (Å²) in [6.45, 7) is 5.08. The van der Waals surface area contributed by atoms with E-state index in [-0.39, 0.29) is 0 Å². The summed E-state index contributed by atoms with van der Waals surface area (Å²) < 4.78 is 0. The molecule has 18 heavy (non-hydrogen) atoms. The second-order valence-electron chi connectivity index (χ2n) is 4.63. The molecule has 0 saturated carbocycles. The Morgan fingerprint density at radius 2 is 2.00 bits per heavy atom. The van der Waals surface area contributed by atoms with E-state index in [1.807, 2.05) is 31.3 Å².